The average molecular weight is 338 g/mol. The first kappa shape index (κ1) is 21.3. The molecule has 0 aromatic rings. The molecule has 0 aliphatic rings. The van der Waals surface area contributed by atoms with E-state index in [4.69, 9.17) is 9.29 Å². The molecule has 0 rings (SSSR count). The monoisotopic (exact) mass is 338 g/mol. The number of esters is 1. The molecule has 0 spiro atoms. The van der Waals surface area contributed by atoms with Crippen LogP contribution >= 0.6 is 0 Å². The molecule has 0 saturated heterocycles. The van der Waals surface area contributed by atoms with Gasteiger partial charge in [-0.05, 0) is 47.5 Å². The van der Waals surface area contributed by atoms with Crippen molar-refractivity contribution in [3.05, 3.63) is 0 Å². The molecular formula is C15H30O6S. The summed E-state index contributed by atoms with van der Waals surface area (Å²) in [6, 6.07) is 0. The number of hydrogen-bond donors (Lipinski definition) is 1. The molecule has 7 heteroatoms. The summed E-state index contributed by atoms with van der Waals surface area (Å²) >= 11 is 0. The summed E-state index contributed by atoms with van der Waals surface area (Å²) in [5.74, 6) is -1.39. The van der Waals surface area contributed by atoms with Gasteiger partial charge in [-0.2, -0.15) is 8.42 Å². The largest absolute Gasteiger partial charge is 0.459 e. The predicted octanol–water partition coefficient (Wildman–Crippen LogP) is 3.51. The minimum atomic E-state index is -4.63. The zero-order valence-corrected chi connectivity index (χ0v) is 15.3. The van der Waals surface area contributed by atoms with Crippen LogP contribution in [0.5, 0.6) is 0 Å². The summed E-state index contributed by atoms with van der Waals surface area (Å²) in [5, 5.41) is 0. The van der Waals surface area contributed by atoms with Gasteiger partial charge >= 0.3 is 16.4 Å². The molecule has 0 aromatic heterocycles. The quantitative estimate of drug-likeness (QED) is 0.372. The van der Waals surface area contributed by atoms with Crippen LogP contribution in [-0.4, -0.2) is 30.1 Å². The van der Waals surface area contributed by atoms with E-state index in [1.54, 1.807) is 0 Å². The molecule has 0 aromatic carbocycles. The van der Waals surface area contributed by atoms with Crippen LogP contribution in [0.2, 0.25) is 0 Å². The first-order chi connectivity index (χ1) is 9.81. The Morgan fingerprint density at radius 1 is 1.14 bits per heavy atom. The summed E-state index contributed by atoms with van der Waals surface area (Å²) in [6.07, 6.45) is 5.08. The SMILES string of the molecule is CCCCCCC(C)(C)OC(=O)C(C)C(C)(C)OS(=O)(=O)O. The van der Waals surface area contributed by atoms with E-state index in [0.29, 0.717) is 0 Å². The molecule has 22 heavy (non-hydrogen) atoms. The Bertz CT molecular complexity index is 453. The smallest absolute Gasteiger partial charge is 0.397 e. The zero-order chi connectivity index (χ0) is 17.6. The average Bonchev–Trinajstić information content (AvgIpc) is 2.30. The van der Waals surface area contributed by atoms with Gasteiger partial charge in [-0.15, -0.1) is 0 Å². The minimum Gasteiger partial charge on any atom is -0.459 e. The summed E-state index contributed by atoms with van der Waals surface area (Å²) in [5.41, 5.74) is -2.00. The first-order valence-electron chi connectivity index (χ1n) is 7.71. The topological polar surface area (TPSA) is 89.9 Å². The van der Waals surface area contributed by atoms with Gasteiger partial charge in [0, 0.05) is 0 Å². The Balaban J connectivity index is 4.62. The van der Waals surface area contributed by atoms with Crippen molar-refractivity contribution in [2.24, 2.45) is 5.92 Å². The summed E-state index contributed by atoms with van der Waals surface area (Å²) < 4.78 is 40.5. The van der Waals surface area contributed by atoms with Crippen LogP contribution in [0.15, 0.2) is 0 Å². The number of carbonyl (C=O) groups is 1. The second-order valence-electron chi connectivity index (χ2n) is 6.83. The maximum Gasteiger partial charge on any atom is 0.397 e. The van der Waals surface area contributed by atoms with Crippen molar-refractivity contribution in [2.45, 2.75) is 84.8 Å². The third kappa shape index (κ3) is 8.70. The molecule has 0 amide bonds. The molecule has 1 N–H and O–H groups in total. The lowest BCUT2D eigenvalue weighted by atomic mass is 9.92. The van der Waals surface area contributed by atoms with Crippen LogP contribution in [-0.2, 0) is 24.1 Å². The van der Waals surface area contributed by atoms with Crippen molar-refractivity contribution in [3.63, 3.8) is 0 Å². The molecule has 0 saturated carbocycles. The highest BCUT2D eigenvalue weighted by atomic mass is 32.3. The first-order valence-corrected chi connectivity index (χ1v) is 9.08. The van der Waals surface area contributed by atoms with Gasteiger partial charge in [0.15, 0.2) is 0 Å². The fourth-order valence-electron chi connectivity index (χ4n) is 2.02. The van der Waals surface area contributed by atoms with Gasteiger partial charge in [0.05, 0.1) is 11.5 Å². The van der Waals surface area contributed by atoms with Gasteiger partial charge in [0.1, 0.15) is 5.60 Å². The molecule has 6 nitrogen and oxygen atoms in total. The van der Waals surface area contributed by atoms with Crippen molar-refractivity contribution in [1.82, 2.24) is 0 Å². The van der Waals surface area contributed by atoms with E-state index in [-0.39, 0.29) is 0 Å². The number of rotatable bonds is 10. The fraction of sp³-hybridized carbons (Fsp3) is 0.933. The molecule has 132 valence electrons. The van der Waals surface area contributed by atoms with Crippen molar-refractivity contribution in [3.8, 4) is 0 Å². The Morgan fingerprint density at radius 3 is 2.14 bits per heavy atom. The van der Waals surface area contributed by atoms with Crippen molar-refractivity contribution in [2.75, 3.05) is 0 Å². The van der Waals surface area contributed by atoms with E-state index in [0.717, 1.165) is 32.1 Å². The Morgan fingerprint density at radius 2 is 1.68 bits per heavy atom. The standard InChI is InChI=1S/C15H30O6S/c1-7-8-9-10-11-14(3,4)20-13(16)12(2)15(5,6)21-22(17,18)19/h12H,7-11H2,1-6H3,(H,17,18,19). The van der Waals surface area contributed by atoms with E-state index in [1.807, 2.05) is 13.8 Å². The van der Waals surface area contributed by atoms with Gasteiger partial charge in [-0.3, -0.25) is 9.35 Å². The Hall–Kier alpha value is -0.660. The van der Waals surface area contributed by atoms with Gasteiger partial charge in [-0.1, -0.05) is 26.2 Å². The third-order valence-corrected chi connectivity index (χ3v) is 4.37. The maximum atomic E-state index is 12.2. The van der Waals surface area contributed by atoms with Crippen LogP contribution in [0.3, 0.4) is 0 Å². The van der Waals surface area contributed by atoms with E-state index in [9.17, 15) is 13.2 Å². The zero-order valence-electron chi connectivity index (χ0n) is 14.5. The second-order valence-corrected chi connectivity index (χ2v) is 7.85. The van der Waals surface area contributed by atoms with Gasteiger partial charge < -0.3 is 4.74 Å². The molecule has 1 atom stereocenters. The van der Waals surface area contributed by atoms with Gasteiger partial charge in [0.25, 0.3) is 0 Å². The maximum absolute atomic E-state index is 12.2. The summed E-state index contributed by atoms with van der Waals surface area (Å²) in [4.78, 5) is 12.2. The van der Waals surface area contributed by atoms with E-state index in [2.05, 4.69) is 11.1 Å². The molecule has 1 unspecified atom stereocenters. The minimum absolute atomic E-state index is 0.547. The normalized spacial score (nSPS) is 14.7. The van der Waals surface area contributed by atoms with Gasteiger partial charge in [0.2, 0.25) is 0 Å². The molecule has 0 bridgehead atoms. The lowest BCUT2D eigenvalue weighted by Crippen LogP contribution is -2.42. The molecule has 0 aliphatic heterocycles. The number of hydrogen-bond acceptors (Lipinski definition) is 5. The van der Waals surface area contributed by atoms with Crippen molar-refractivity contribution < 1.29 is 26.7 Å². The van der Waals surface area contributed by atoms with Crippen molar-refractivity contribution >= 4 is 16.4 Å². The van der Waals surface area contributed by atoms with E-state index in [1.165, 1.54) is 20.8 Å². The Kier molecular flexibility index (Phi) is 8.02. The highest BCUT2D eigenvalue weighted by Gasteiger charge is 2.39. The van der Waals surface area contributed by atoms with Crippen LogP contribution in [0.1, 0.15) is 73.6 Å². The summed E-state index contributed by atoms with van der Waals surface area (Å²) in [7, 11) is -4.63. The highest BCUT2D eigenvalue weighted by Crippen LogP contribution is 2.27. The number of ether oxygens (including phenoxy) is 1. The molecule has 0 aliphatic carbocycles. The predicted molar refractivity (Wildman–Crippen MR) is 84.8 cm³/mol. The molecule has 0 heterocycles. The third-order valence-electron chi connectivity index (χ3n) is 3.73. The van der Waals surface area contributed by atoms with Gasteiger partial charge in [-0.25, -0.2) is 4.18 Å². The van der Waals surface area contributed by atoms with E-state index >= 15 is 0 Å². The lowest BCUT2D eigenvalue weighted by Gasteiger charge is -2.32. The molecule has 0 fully saturated rings. The van der Waals surface area contributed by atoms with Crippen LogP contribution in [0.25, 0.3) is 0 Å². The van der Waals surface area contributed by atoms with Crippen LogP contribution in [0, 0.1) is 5.92 Å². The molecular weight excluding hydrogens is 308 g/mol. The second kappa shape index (κ2) is 8.26. The fourth-order valence-corrected chi connectivity index (χ4v) is 2.70. The molecule has 0 radical (unpaired) electrons. The number of unbranched alkanes of at least 4 members (excludes halogenated alkanes) is 3. The highest BCUT2D eigenvalue weighted by molar-refractivity contribution is 7.80. The van der Waals surface area contributed by atoms with Crippen molar-refractivity contribution in [1.29, 1.82) is 0 Å². The van der Waals surface area contributed by atoms with E-state index < -0.39 is 33.5 Å². The summed E-state index contributed by atoms with van der Waals surface area (Å²) in [6.45, 7) is 10.1. The Labute approximate surface area is 134 Å². The lowest BCUT2D eigenvalue weighted by molar-refractivity contribution is -0.168. The van der Waals surface area contributed by atoms with Crippen LogP contribution in [0.4, 0.5) is 0 Å². The number of carbonyl (C=O) groups excluding carboxylic acids is 1. The van der Waals surface area contributed by atoms with Crippen LogP contribution < -0.4 is 0 Å².